The predicted octanol–water partition coefficient (Wildman–Crippen LogP) is 4.21. The van der Waals surface area contributed by atoms with Crippen LogP contribution in [0.15, 0.2) is 48.5 Å². The number of benzene rings is 2. The molecular weight excluding hydrogens is 363 g/mol. The summed E-state index contributed by atoms with van der Waals surface area (Å²) in [6.07, 6.45) is -2.21. The van der Waals surface area contributed by atoms with E-state index < -0.39 is 18.2 Å². The molecule has 0 radical (unpaired) electrons. The molecule has 1 N–H and O–H groups in total. The lowest BCUT2D eigenvalue weighted by atomic mass is 10.1. The van der Waals surface area contributed by atoms with Crippen LogP contribution in [0.25, 0.3) is 0 Å². The standard InChI is InChI=1S/C22H27FO5/c1-15(2)28-21(22(24)25)12-17-5-4-6-20(11-17)27-14-18(23)13-26-19-9-7-16(3)8-10-19/h4-11,15,18,21H,12-14H2,1-3H3,(H,24,25). The van der Waals surface area contributed by atoms with Crippen LogP contribution in [0.5, 0.6) is 11.5 Å². The molecule has 0 aromatic heterocycles. The average molecular weight is 390 g/mol. The smallest absolute Gasteiger partial charge is 0.333 e. The Morgan fingerprint density at radius 3 is 2.29 bits per heavy atom. The molecule has 2 aromatic rings. The molecule has 6 heteroatoms. The Bertz CT molecular complexity index is 745. The molecule has 28 heavy (non-hydrogen) atoms. The number of carboxylic acid groups (broad SMARTS) is 1. The first-order chi connectivity index (χ1) is 13.3. The van der Waals surface area contributed by atoms with Crippen molar-refractivity contribution in [2.45, 2.75) is 45.6 Å². The van der Waals surface area contributed by atoms with Gasteiger partial charge in [0.2, 0.25) is 0 Å². The van der Waals surface area contributed by atoms with E-state index >= 15 is 0 Å². The maximum absolute atomic E-state index is 14.1. The van der Waals surface area contributed by atoms with Gasteiger partial charge in [0.1, 0.15) is 24.7 Å². The first-order valence-corrected chi connectivity index (χ1v) is 9.27. The quantitative estimate of drug-likeness (QED) is 0.623. The Balaban J connectivity index is 1.84. The van der Waals surface area contributed by atoms with E-state index in [-0.39, 0.29) is 25.7 Å². The third-order valence-electron chi connectivity index (χ3n) is 3.91. The monoisotopic (exact) mass is 390 g/mol. The van der Waals surface area contributed by atoms with Crippen molar-refractivity contribution in [1.82, 2.24) is 0 Å². The van der Waals surface area contributed by atoms with E-state index in [0.29, 0.717) is 11.5 Å². The molecule has 0 aliphatic heterocycles. The number of ether oxygens (including phenoxy) is 3. The van der Waals surface area contributed by atoms with Gasteiger partial charge in [0.25, 0.3) is 0 Å². The van der Waals surface area contributed by atoms with Crippen LogP contribution in [-0.4, -0.2) is 42.7 Å². The molecule has 0 amide bonds. The molecule has 2 unspecified atom stereocenters. The van der Waals surface area contributed by atoms with Gasteiger partial charge in [-0.1, -0.05) is 29.8 Å². The van der Waals surface area contributed by atoms with E-state index in [1.165, 1.54) is 0 Å². The molecule has 152 valence electrons. The molecule has 2 aromatic carbocycles. The third-order valence-corrected chi connectivity index (χ3v) is 3.91. The Morgan fingerprint density at radius 1 is 1.04 bits per heavy atom. The van der Waals surface area contributed by atoms with Crippen LogP contribution in [0, 0.1) is 6.92 Å². The van der Waals surface area contributed by atoms with E-state index in [4.69, 9.17) is 14.2 Å². The largest absolute Gasteiger partial charge is 0.490 e. The number of aryl methyl sites for hydroxylation is 1. The van der Waals surface area contributed by atoms with E-state index in [1.54, 1.807) is 50.2 Å². The van der Waals surface area contributed by atoms with Gasteiger partial charge in [-0.15, -0.1) is 0 Å². The number of halogens is 1. The van der Waals surface area contributed by atoms with Gasteiger partial charge in [-0.2, -0.15) is 0 Å². The normalized spacial score (nSPS) is 13.2. The SMILES string of the molecule is Cc1ccc(OCC(F)COc2cccc(CC(OC(C)C)C(=O)O)c2)cc1. The number of hydrogen-bond donors (Lipinski definition) is 1. The summed E-state index contributed by atoms with van der Waals surface area (Å²) in [6.45, 7) is 5.29. The molecule has 0 spiro atoms. The van der Waals surface area contributed by atoms with Gasteiger partial charge >= 0.3 is 5.97 Å². The highest BCUT2D eigenvalue weighted by molar-refractivity contribution is 5.72. The van der Waals surface area contributed by atoms with Gasteiger partial charge < -0.3 is 19.3 Å². The minimum Gasteiger partial charge on any atom is -0.490 e. The fourth-order valence-corrected chi connectivity index (χ4v) is 2.55. The first kappa shape index (κ1) is 21.7. The second kappa shape index (κ2) is 10.7. The van der Waals surface area contributed by atoms with Crippen molar-refractivity contribution in [3.05, 3.63) is 59.7 Å². The number of carbonyl (C=O) groups is 1. The summed E-state index contributed by atoms with van der Waals surface area (Å²) in [5, 5.41) is 9.28. The second-order valence-electron chi connectivity index (χ2n) is 6.90. The second-order valence-corrected chi connectivity index (χ2v) is 6.90. The summed E-state index contributed by atoms with van der Waals surface area (Å²) in [4.78, 5) is 11.3. The summed E-state index contributed by atoms with van der Waals surface area (Å²) >= 11 is 0. The predicted molar refractivity (Wildman–Crippen MR) is 105 cm³/mol. The number of aliphatic carboxylic acids is 1. The highest BCUT2D eigenvalue weighted by Gasteiger charge is 2.20. The van der Waals surface area contributed by atoms with Crippen molar-refractivity contribution in [1.29, 1.82) is 0 Å². The minimum atomic E-state index is -1.29. The van der Waals surface area contributed by atoms with Gasteiger partial charge in [0.15, 0.2) is 12.3 Å². The zero-order valence-electron chi connectivity index (χ0n) is 16.4. The lowest BCUT2D eigenvalue weighted by Crippen LogP contribution is -2.29. The molecule has 0 fully saturated rings. The van der Waals surface area contributed by atoms with Crippen LogP contribution in [0.4, 0.5) is 4.39 Å². The summed E-state index contributed by atoms with van der Waals surface area (Å²) in [5.41, 5.74) is 1.85. The van der Waals surface area contributed by atoms with Gasteiger partial charge in [-0.3, -0.25) is 0 Å². The van der Waals surface area contributed by atoms with Gasteiger partial charge in [0.05, 0.1) is 6.10 Å². The van der Waals surface area contributed by atoms with E-state index in [9.17, 15) is 14.3 Å². The van der Waals surface area contributed by atoms with Gasteiger partial charge in [0, 0.05) is 6.42 Å². The molecule has 0 aliphatic carbocycles. The lowest BCUT2D eigenvalue weighted by molar-refractivity contribution is -0.153. The van der Waals surface area contributed by atoms with Crippen molar-refractivity contribution in [3.8, 4) is 11.5 Å². The van der Waals surface area contributed by atoms with E-state index in [1.807, 2.05) is 19.1 Å². The Labute approximate surface area is 165 Å². The highest BCUT2D eigenvalue weighted by Crippen LogP contribution is 2.17. The zero-order chi connectivity index (χ0) is 20.5. The molecule has 2 atom stereocenters. The lowest BCUT2D eigenvalue weighted by Gasteiger charge is -2.17. The average Bonchev–Trinajstić information content (AvgIpc) is 2.65. The number of rotatable bonds is 11. The molecule has 0 bridgehead atoms. The van der Waals surface area contributed by atoms with Crippen molar-refractivity contribution >= 4 is 5.97 Å². The van der Waals surface area contributed by atoms with Crippen LogP contribution in [0.1, 0.15) is 25.0 Å². The fraction of sp³-hybridized carbons (Fsp3) is 0.409. The van der Waals surface area contributed by atoms with E-state index in [0.717, 1.165) is 11.1 Å². The fourth-order valence-electron chi connectivity index (χ4n) is 2.55. The summed E-state index contributed by atoms with van der Waals surface area (Å²) in [5.74, 6) is 0.0707. The topological polar surface area (TPSA) is 65.0 Å². The highest BCUT2D eigenvalue weighted by atomic mass is 19.1. The van der Waals surface area contributed by atoms with Crippen molar-refractivity contribution in [2.75, 3.05) is 13.2 Å². The molecule has 0 heterocycles. The molecule has 0 aliphatic rings. The van der Waals surface area contributed by atoms with Crippen LogP contribution in [-0.2, 0) is 16.0 Å². The number of hydrogen-bond acceptors (Lipinski definition) is 4. The van der Waals surface area contributed by atoms with Crippen LogP contribution in [0.3, 0.4) is 0 Å². The molecule has 0 saturated heterocycles. The first-order valence-electron chi connectivity index (χ1n) is 9.27. The van der Waals surface area contributed by atoms with Crippen molar-refractivity contribution in [3.63, 3.8) is 0 Å². The summed E-state index contributed by atoms with van der Waals surface area (Å²) < 4.78 is 30.4. The van der Waals surface area contributed by atoms with Crippen molar-refractivity contribution in [2.24, 2.45) is 0 Å². The molecule has 0 saturated carbocycles. The van der Waals surface area contributed by atoms with Crippen molar-refractivity contribution < 1.29 is 28.5 Å². The molecular formula is C22H27FO5. The van der Waals surface area contributed by atoms with E-state index in [2.05, 4.69) is 0 Å². The maximum Gasteiger partial charge on any atom is 0.333 e. The van der Waals surface area contributed by atoms with Gasteiger partial charge in [-0.25, -0.2) is 9.18 Å². The Kier molecular flexibility index (Phi) is 8.26. The van der Waals surface area contributed by atoms with Crippen LogP contribution < -0.4 is 9.47 Å². The van der Waals surface area contributed by atoms with Crippen LogP contribution in [0.2, 0.25) is 0 Å². The maximum atomic E-state index is 14.1. The zero-order valence-corrected chi connectivity index (χ0v) is 16.4. The Hall–Kier alpha value is -2.60. The Morgan fingerprint density at radius 2 is 1.68 bits per heavy atom. The van der Waals surface area contributed by atoms with Gasteiger partial charge in [-0.05, 0) is 50.6 Å². The third kappa shape index (κ3) is 7.56. The summed E-state index contributed by atoms with van der Waals surface area (Å²) in [7, 11) is 0. The number of carboxylic acids is 1. The molecule has 2 rings (SSSR count). The molecule has 5 nitrogen and oxygen atoms in total. The minimum absolute atomic E-state index is 0.105. The number of alkyl halides is 1. The van der Waals surface area contributed by atoms with Crippen LogP contribution >= 0.6 is 0 Å². The summed E-state index contributed by atoms with van der Waals surface area (Å²) in [6, 6.07) is 14.3.